The van der Waals surface area contributed by atoms with Crippen molar-refractivity contribution in [2.24, 2.45) is 10.9 Å². The summed E-state index contributed by atoms with van der Waals surface area (Å²) in [6.07, 6.45) is 1.21. The van der Waals surface area contributed by atoms with Crippen molar-refractivity contribution in [1.82, 2.24) is 25.0 Å². The fourth-order valence-electron chi connectivity index (χ4n) is 4.20. The van der Waals surface area contributed by atoms with Crippen LogP contribution in [0.15, 0.2) is 46.5 Å². The smallest absolute Gasteiger partial charge is 0.349 e. The van der Waals surface area contributed by atoms with Gasteiger partial charge in [-0.1, -0.05) is 5.16 Å². The van der Waals surface area contributed by atoms with Gasteiger partial charge in [0.05, 0.1) is 19.9 Å². The molecule has 214 valence electrons. The van der Waals surface area contributed by atoms with Crippen molar-refractivity contribution in [2.45, 2.75) is 13.0 Å². The summed E-state index contributed by atoms with van der Waals surface area (Å²) in [5.41, 5.74) is 5.79. The number of ether oxygens (including phenoxy) is 4. The van der Waals surface area contributed by atoms with E-state index in [0.717, 1.165) is 4.68 Å². The number of esters is 1. The summed E-state index contributed by atoms with van der Waals surface area (Å²) in [5, 5.41) is 25.8. The zero-order valence-corrected chi connectivity index (χ0v) is 21.8. The van der Waals surface area contributed by atoms with Crippen molar-refractivity contribution >= 4 is 17.5 Å². The fourth-order valence-corrected chi connectivity index (χ4v) is 4.20. The molecule has 2 aromatic carbocycles. The van der Waals surface area contributed by atoms with Gasteiger partial charge in [0, 0.05) is 16.8 Å². The summed E-state index contributed by atoms with van der Waals surface area (Å²) in [6, 6.07) is 6.65. The SMILES string of the molecule is CCOC(=O)c1cn[nH]c1-n1nc(C(Nc2ccc(/C(N)=N/O)cc2)c2cc(OC)c3c(c2F)OCCO3)[nH]c1=O. The predicted molar refractivity (Wildman–Crippen MR) is 141 cm³/mol. The molecule has 0 radical (unpaired) electrons. The molecule has 3 heterocycles. The third-order valence-corrected chi connectivity index (χ3v) is 6.11. The van der Waals surface area contributed by atoms with Gasteiger partial charge in [0.15, 0.2) is 29.0 Å². The van der Waals surface area contributed by atoms with Crippen LogP contribution in [0.25, 0.3) is 5.82 Å². The van der Waals surface area contributed by atoms with Gasteiger partial charge in [-0.3, -0.25) is 10.1 Å². The number of hydrogen-bond acceptors (Lipinski definition) is 11. The molecular formula is C25H25FN8O7. The molecule has 0 aliphatic carbocycles. The van der Waals surface area contributed by atoms with Gasteiger partial charge in [-0.15, -0.1) is 5.10 Å². The Kier molecular flexibility index (Phi) is 7.45. The van der Waals surface area contributed by atoms with Gasteiger partial charge < -0.3 is 35.2 Å². The van der Waals surface area contributed by atoms with E-state index < -0.39 is 23.5 Å². The highest BCUT2D eigenvalue weighted by Gasteiger charge is 2.32. The molecule has 4 aromatic rings. The molecule has 15 nitrogen and oxygen atoms in total. The number of H-pyrrole nitrogens is 2. The number of rotatable bonds is 9. The summed E-state index contributed by atoms with van der Waals surface area (Å²) in [4.78, 5) is 28.1. The van der Waals surface area contributed by atoms with E-state index in [-0.39, 0.29) is 65.7 Å². The van der Waals surface area contributed by atoms with Crippen LogP contribution in [0.4, 0.5) is 10.1 Å². The normalized spacial score (nSPS) is 13.5. The van der Waals surface area contributed by atoms with Crippen LogP contribution in [-0.2, 0) is 4.74 Å². The van der Waals surface area contributed by atoms with Gasteiger partial charge in [-0.25, -0.2) is 14.0 Å². The minimum Gasteiger partial charge on any atom is -0.493 e. The minimum absolute atomic E-state index is 0.00254. The van der Waals surface area contributed by atoms with Crippen molar-refractivity contribution in [3.63, 3.8) is 0 Å². The van der Waals surface area contributed by atoms with E-state index in [1.165, 1.54) is 19.4 Å². The summed E-state index contributed by atoms with van der Waals surface area (Å²) in [6.45, 7) is 2.07. The van der Waals surface area contributed by atoms with E-state index in [0.29, 0.717) is 11.3 Å². The first-order valence-corrected chi connectivity index (χ1v) is 12.3. The van der Waals surface area contributed by atoms with E-state index >= 15 is 4.39 Å². The van der Waals surface area contributed by atoms with Gasteiger partial charge >= 0.3 is 11.7 Å². The number of methoxy groups -OCH3 is 1. The first kappa shape index (κ1) is 27.0. The summed E-state index contributed by atoms with van der Waals surface area (Å²) < 4.78 is 38.5. The molecule has 2 aromatic heterocycles. The predicted octanol–water partition coefficient (Wildman–Crippen LogP) is 1.68. The molecule has 1 unspecified atom stereocenters. The van der Waals surface area contributed by atoms with E-state index in [9.17, 15) is 9.59 Å². The third-order valence-electron chi connectivity index (χ3n) is 6.11. The van der Waals surface area contributed by atoms with Crippen LogP contribution in [0.1, 0.15) is 40.3 Å². The van der Waals surface area contributed by atoms with Crippen LogP contribution in [0.2, 0.25) is 0 Å². The van der Waals surface area contributed by atoms with Gasteiger partial charge in [0.1, 0.15) is 24.8 Å². The van der Waals surface area contributed by atoms with E-state index in [4.69, 9.17) is 29.9 Å². The van der Waals surface area contributed by atoms with Crippen molar-refractivity contribution in [1.29, 1.82) is 0 Å². The Morgan fingerprint density at radius 2 is 2.02 bits per heavy atom. The number of anilines is 1. The van der Waals surface area contributed by atoms with Crippen molar-refractivity contribution in [3.8, 4) is 23.1 Å². The highest BCUT2D eigenvalue weighted by atomic mass is 19.1. The Labute approximate surface area is 230 Å². The maximum atomic E-state index is 16.0. The zero-order chi connectivity index (χ0) is 29.1. The lowest BCUT2D eigenvalue weighted by molar-refractivity contribution is 0.0526. The van der Waals surface area contributed by atoms with Gasteiger partial charge in [0.2, 0.25) is 11.5 Å². The van der Waals surface area contributed by atoms with Crippen LogP contribution in [-0.4, -0.2) is 68.9 Å². The van der Waals surface area contributed by atoms with Gasteiger partial charge in [0.25, 0.3) is 0 Å². The lowest BCUT2D eigenvalue weighted by Crippen LogP contribution is -2.21. The Morgan fingerprint density at radius 3 is 2.71 bits per heavy atom. The Hall–Kier alpha value is -5.54. The maximum Gasteiger partial charge on any atom is 0.349 e. The van der Waals surface area contributed by atoms with Crippen molar-refractivity contribution < 1.29 is 33.3 Å². The van der Waals surface area contributed by atoms with E-state index in [1.807, 2.05) is 0 Å². The number of nitrogens with two attached hydrogens (primary N) is 1. The van der Waals surface area contributed by atoms with Gasteiger partial charge in [-0.05, 0) is 37.3 Å². The zero-order valence-electron chi connectivity index (χ0n) is 21.8. The number of aromatic nitrogens is 5. The number of oxime groups is 1. The molecule has 0 spiro atoms. The molecular weight excluding hydrogens is 543 g/mol. The number of nitrogens with zero attached hydrogens (tertiary/aromatic N) is 4. The number of hydrogen-bond donors (Lipinski definition) is 5. The topological polar surface area (TPSA) is 204 Å². The standard InChI is InChI=1S/C25H25FN8O7/c1-3-39-24(35)15-11-28-31-23(15)34-25(36)30-22(32-34)18(29-13-6-4-12(5-7-13)21(27)33-37)14-10-16(38-2)19-20(17(14)26)41-9-8-40-19/h4-7,10-11,18,29,37H,3,8-9H2,1-2H3,(H2,27,33)(H,28,31)(H,30,32,36). The van der Waals surface area contributed by atoms with Crippen molar-refractivity contribution in [2.75, 3.05) is 32.2 Å². The molecule has 1 aliphatic heterocycles. The number of aromatic amines is 2. The Bertz CT molecular complexity index is 1660. The molecule has 1 aliphatic rings. The highest BCUT2D eigenvalue weighted by Crippen LogP contribution is 2.45. The second kappa shape index (κ2) is 11.3. The first-order chi connectivity index (χ1) is 19.9. The molecule has 41 heavy (non-hydrogen) atoms. The molecule has 0 saturated heterocycles. The number of carbonyl (C=O) groups excluding carboxylic acids is 1. The van der Waals surface area contributed by atoms with E-state index in [1.54, 1.807) is 31.2 Å². The number of carbonyl (C=O) groups is 1. The molecule has 16 heteroatoms. The van der Waals surface area contributed by atoms with Crippen LogP contribution >= 0.6 is 0 Å². The number of amidine groups is 1. The lowest BCUT2D eigenvalue weighted by atomic mass is 10.0. The second-order valence-electron chi connectivity index (χ2n) is 8.56. The summed E-state index contributed by atoms with van der Waals surface area (Å²) in [5.74, 6) is -1.50. The monoisotopic (exact) mass is 568 g/mol. The quantitative estimate of drug-likeness (QED) is 0.0646. The maximum absolute atomic E-state index is 16.0. The summed E-state index contributed by atoms with van der Waals surface area (Å²) >= 11 is 0. The van der Waals surface area contributed by atoms with Crippen LogP contribution in [0, 0.1) is 5.82 Å². The average molecular weight is 569 g/mol. The summed E-state index contributed by atoms with van der Waals surface area (Å²) in [7, 11) is 1.40. The van der Waals surface area contributed by atoms with Crippen LogP contribution < -0.4 is 31.0 Å². The largest absolute Gasteiger partial charge is 0.493 e. The van der Waals surface area contributed by atoms with Crippen molar-refractivity contribution in [3.05, 3.63) is 75.3 Å². The number of benzene rings is 2. The molecule has 5 rings (SSSR count). The highest BCUT2D eigenvalue weighted by molar-refractivity contribution is 5.97. The molecule has 0 fully saturated rings. The molecule has 0 bridgehead atoms. The first-order valence-electron chi connectivity index (χ1n) is 12.3. The van der Waals surface area contributed by atoms with Crippen LogP contribution in [0.3, 0.4) is 0 Å². The van der Waals surface area contributed by atoms with E-state index in [2.05, 4.69) is 30.8 Å². The van der Waals surface area contributed by atoms with Gasteiger partial charge in [-0.2, -0.15) is 9.78 Å². The van der Waals surface area contributed by atoms with Crippen LogP contribution in [0.5, 0.6) is 17.2 Å². The number of fused-ring (bicyclic) bond motifs is 1. The minimum atomic E-state index is -1.13. The third kappa shape index (κ3) is 5.09. The number of nitrogens with one attached hydrogen (secondary N) is 3. The molecule has 1 atom stereocenters. The lowest BCUT2D eigenvalue weighted by Gasteiger charge is -2.25. The average Bonchev–Trinajstić information content (AvgIpc) is 3.63. The molecule has 6 N–H and O–H groups in total. The Balaban J connectivity index is 1.63. The fraction of sp³-hybridized carbons (Fsp3) is 0.240. The number of halogens is 1. The Morgan fingerprint density at radius 1 is 1.29 bits per heavy atom. The second-order valence-corrected chi connectivity index (χ2v) is 8.56. The molecule has 0 amide bonds. The molecule has 0 saturated carbocycles.